The van der Waals surface area contributed by atoms with Crippen molar-refractivity contribution in [1.82, 2.24) is 15.0 Å². The first-order valence-corrected chi connectivity index (χ1v) is 12.5. The molecule has 0 N–H and O–H groups in total. The van der Waals surface area contributed by atoms with Crippen LogP contribution in [0, 0.1) is 0 Å². The Bertz CT molecular complexity index is 1610. The van der Waals surface area contributed by atoms with Gasteiger partial charge in [-0.15, -0.1) is 0 Å². The average Bonchev–Trinajstić information content (AvgIpc) is 2.98. The lowest BCUT2D eigenvalue weighted by Crippen LogP contribution is -2.01. The molecule has 37 heavy (non-hydrogen) atoms. The van der Waals surface area contributed by atoms with Gasteiger partial charge < -0.3 is 0 Å². The van der Waals surface area contributed by atoms with Crippen molar-refractivity contribution in [3.05, 3.63) is 138 Å². The molecule has 4 heteroatoms. The minimum atomic E-state index is 0.577. The summed E-state index contributed by atoms with van der Waals surface area (Å²) in [6.07, 6.45) is 0. The fourth-order valence-electron chi connectivity index (χ4n) is 4.45. The highest BCUT2D eigenvalue weighted by Crippen LogP contribution is 2.39. The van der Waals surface area contributed by atoms with Gasteiger partial charge in [0.15, 0.2) is 17.5 Å². The standard InChI is InChI=1S/C33H22ClN3/c34-26-20-21-29(28-19-11-10-18-27(28)23-12-4-1-5-13-23)30(22-26)33-36-31(24-14-6-2-7-15-24)35-32(37-33)25-16-8-3-9-17-25/h1-22H. The first-order valence-electron chi connectivity index (χ1n) is 12.1. The Morgan fingerprint density at radius 2 is 0.784 bits per heavy atom. The molecule has 6 rings (SSSR count). The molecule has 0 spiro atoms. The molecule has 0 atom stereocenters. The zero-order chi connectivity index (χ0) is 25.0. The smallest absolute Gasteiger partial charge is 0.164 e. The van der Waals surface area contributed by atoms with Crippen LogP contribution in [-0.2, 0) is 0 Å². The molecule has 0 aliphatic heterocycles. The molecule has 0 radical (unpaired) electrons. The van der Waals surface area contributed by atoms with Gasteiger partial charge in [-0.25, -0.2) is 15.0 Å². The van der Waals surface area contributed by atoms with Crippen LogP contribution in [0.2, 0.25) is 5.02 Å². The fourth-order valence-corrected chi connectivity index (χ4v) is 4.62. The monoisotopic (exact) mass is 495 g/mol. The van der Waals surface area contributed by atoms with Gasteiger partial charge in [0.2, 0.25) is 0 Å². The molecule has 6 aromatic rings. The van der Waals surface area contributed by atoms with Crippen LogP contribution in [0.5, 0.6) is 0 Å². The van der Waals surface area contributed by atoms with Gasteiger partial charge in [-0.05, 0) is 34.4 Å². The van der Waals surface area contributed by atoms with Crippen molar-refractivity contribution in [2.24, 2.45) is 0 Å². The van der Waals surface area contributed by atoms with Crippen molar-refractivity contribution in [3.8, 4) is 56.4 Å². The summed E-state index contributed by atoms with van der Waals surface area (Å²) in [5.41, 5.74) is 7.08. The van der Waals surface area contributed by atoms with E-state index in [1.54, 1.807) is 0 Å². The second-order valence-corrected chi connectivity index (χ2v) is 9.08. The Kier molecular flexibility index (Phi) is 6.28. The molecule has 176 valence electrons. The van der Waals surface area contributed by atoms with Crippen LogP contribution in [0.3, 0.4) is 0 Å². The third kappa shape index (κ3) is 4.77. The highest BCUT2D eigenvalue weighted by atomic mass is 35.5. The summed E-state index contributed by atoms with van der Waals surface area (Å²) in [7, 11) is 0. The maximum absolute atomic E-state index is 6.55. The molecular weight excluding hydrogens is 474 g/mol. The van der Waals surface area contributed by atoms with Crippen molar-refractivity contribution >= 4 is 11.6 Å². The summed E-state index contributed by atoms with van der Waals surface area (Å²) >= 11 is 6.55. The molecule has 1 heterocycles. The molecular formula is C33H22ClN3. The molecule has 0 unspecified atom stereocenters. The molecule has 0 aliphatic carbocycles. The van der Waals surface area contributed by atoms with E-state index >= 15 is 0 Å². The third-order valence-electron chi connectivity index (χ3n) is 6.22. The van der Waals surface area contributed by atoms with E-state index in [-0.39, 0.29) is 0 Å². The van der Waals surface area contributed by atoms with Crippen molar-refractivity contribution in [2.45, 2.75) is 0 Å². The quantitative estimate of drug-likeness (QED) is 0.240. The second kappa shape index (κ2) is 10.2. The summed E-state index contributed by atoms with van der Waals surface area (Å²) in [5.74, 6) is 1.81. The first kappa shape index (κ1) is 22.8. The first-order chi connectivity index (χ1) is 18.3. The number of hydrogen-bond donors (Lipinski definition) is 0. The molecule has 5 aromatic carbocycles. The van der Waals surface area contributed by atoms with E-state index < -0.39 is 0 Å². The number of nitrogens with zero attached hydrogens (tertiary/aromatic N) is 3. The van der Waals surface area contributed by atoms with Crippen molar-refractivity contribution < 1.29 is 0 Å². The topological polar surface area (TPSA) is 38.7 Å². The van der Waals surface area contributed by atoms with E-state index in [0.29, 0.717) is 22.5 Å². The second-order valence-electron chi connectivity index (χ2n) is 8.64. The van der Waals surface area contributed by atoms with Gasteiger partial charge in [0.05, 0.1) is 0 Å². The lowest BCUT2D eigenvalue weighted by molar-refractivity contribution is 1.07. The van der Waals surface area contributed by atoms with Gasteiger partial charge in [0.25, 0.3) is 0 Å². The minimum absolute atomic E-state index is 0.577. The number of hydrogen-bond acceptors (Lipinski definition) is 3. The highest BCUT2D eigenvalue weighted by Gasteiger charge is 2.18. The van der Waals surface area contributed by atoms with Gasteiger partial charge >= 0.3 is 0 Å². The molecule has 3 nitrogen and oxygen atoms in total. The van der Waals surface area contributed by atoms with Crippen LogP contribution in [0.15, 0.2) is 133 Å². The SMILES string of the molecule is Clc1ccc(-c2ccccc2-c2ccccc2)c(-c2nc(-c3ccccc3)nc(-c3ccccc3)n2)c1. The van der Waals surface area contributed by atoms with Crippen LogP contribution in [0.4, 0.5) is 0 Å². The lowest BCUT2D eigenvalue weighted by Gasteiger charge is -2.15. The molecule has 0 aliphatic rings. The normalized spacial score (nSPS) is 10.8. The Labute approximate surface area is 221 Å². The Balaban J connectivity index is 1.60. The van der Waals surface area contributed by atoms with Crippen molar-refractivity contribution in [3.63, 3.8) is 0 Å². The summed E-state index contributed by atoms with van der Waals surface area (Å²) in [4.78, 5) is 14.7. The maximum Gasteiger partial charge on any atom is 0.164 e. The van der Waals surface area contributed by atoms with Crippen LogP contribution >= 0.6 is 11.6 Å². The third-order valence-corrected chi connectivity index (χ3v) is 6.46. The molecule has 0 saturated heterocycles. The largest absolute Gasteiger partial charge is 0.208 e. The summed E-state index contributed by atoms with van der Waals surface area (Å²) < 4.78 is 0. The Morgan fingerprint density at radius 3 is 1.35 bits per heavy atom. The Hall–Kier alpha value is -4.60. The molecule has 0 amide bonds. The van der Waals surface area contributed by atoms with Gasteiger partial charge in [-0.3, -0.25) is 0 Å². The number of halogens is 1. The van der Waals surface area contributed by atoms with E-state index in [1.165, 1.54) is 0 Å². The maximum atomic E-state index is 6.55. The number of rotatable bonds is 5. The molecule has 0 saturated carbocycles. The van der Waals surface area contributed by atoms with E-state index in [2.05, 4.69) is 48.5 Å². The summed E-state index contributed by atoms with van der Waals surface area (Å²) in [5, 5.41) is 0.624. The minimum Gasteiger partial charge on any atom is -0.208 e. The average molecular weight is 496 g/mol. The predicted molar refractivity (Wildman–Crippen MR) is 152 cm³/mol. The van der Waals surface area contributed by atoms with Crippen LogP contribution in [0.1, 0.15) is 0 Å². The summed E-state index contributed by atoms with van der Waals surface area (Å²) in [6, 6.07) is 44.6. The van der Waals surface area contributed by atoms with Crippen LogP contribution in [0.25, 0.3) is 56.4 Å². The van der Waals surface area contributed by atoms with E-state index in [1.807, 2.05) is 84.9 Å². The number of aromatic nitrogens is 3. The summed E-state index contributed by atoms with van der Waals surface area (Å²) in [6.45, 7) is 0. The fraction of sp³-hybridized carbons (Fsp3) is 0. The van der Waals surface area contributed by atoms with Crippen molar-refractivity contribution in [1.29, 1.82) is 0 Å². The van der Waals surface area contributed by atoms with E-state index in [0.717, 1.165) is 38.9 Å². The van der Waals surface area contributed by atoms with E-state index in [4.69, 9.17) is 26.6 Å². The van der Waals surface area contributed by atoms with Gasteiger partial charge in [-0.2, -0.15) is 0 Å². The Morgan fingerprint density at radius 1 is 0.351 bits per heavy atom. The van der Waals surface area contributed by atoms with Crippen molar-refractivity contribution in [2.75, 3.05) is 0 Å². The predicted octanol–water partition coefficient (Wildman–Crippen LogP) is 8.86. The number of benzene rings is 5. The van der Waals surface area contributed by atoms with E-state index in [9.17, 15) is 0 Å². The molecule has 0 bridgehead atoms. The zero-order valence-corrected chi connectivity index (χ0v) is 20.7. The zero-order valence-electron chi connectivity index (χ0n) is 19.9. The molecule has 1 aromatic heterocycles. The van der Waals surface area contributed by atoms with Crippen LogP contribution < -0.4 is 0 Å². The van der Waals surface area contributed by atoms with Gasteiger partial charge in [-0.1, -0.05) is 133 Å². The van der Waals surface area contributed by atoms with Gasteiger partial charge in [0.1, 0.15) is 0 Å². The van der Waals surface area contributed by atoms with Crippen LogP contribution in [-0.4, -0.2) is 15.0 Å². The lowest BCUT2D eigenvalue weighted by atomic mass is 9.91. The van der Waals surface area contributed by atoms with Gasteiger partial charge in [0, 0.05) is 21.7 Å². The molecule has 0 fully saturated rings. The highest BCUT2D eigenvalue weighted by molar-refractivity contribution is 6.31.